The van der Waals surface area contributed by atoms with Crippen molar-refractivity contribution >= 4 is 22.4 Å². The zero-order valence-electron chi connectivity index (χ0n) is 10.9. The lowest BCUT2D eigenvalue weighted by Crippen LogP contribution is -2.04. The standard InChI is InChI=1S/C16H11FN2O2/c17-12-5-2-10(7-15(12)20)16(21)13-6-3-9-1-4-11(18)8-14(9)19-13/h1-8,20H,18H2. The van der Waals surface area contributed by atoms with Crippen LogP contribution in [0.4, 0.5) is 10.1 Å². The summed E-state index contributed by atoms with van der Waals surface area (Å²) in [6, 6.07) is 12.0. The van der Waals surface area contributed by atoms with E-state index >= 15 is 0 Å². The van der Waals surface area contributed by atoms with Gasteiger partial charge >= 0.3 is 0 Å². The molecule has 2 aromatic carbocycles. The Bertz CT molecular complexity index is 862. The zero-order valence-corrected chi connectivity index (χ0v) is 10.9. The van der Waals surface area contributed by atoms with Gasteiger partial charge in [0.25, 0.3) is 0 Å². The maximum absolute atomic E-state index is 13.0. The van der Waals surface area contributed by atoms with E-state index in [1.54, 1.807) is 24.3 Å². The molecule has 0 unspecified atom stereocenters. The number of carbonyl (C=O) groups is 1. The predicted molar refractivity (Wildman–Crippen MR) is 77.7 cm³/mol. The molecule has 5 heteroatoms. The van der Waals surface area contributed by atoms with Crippen LogP contribution in [0.15, 0.2) is 48.5 Å². The summed E-state index contributed by atoms with van der Waals surface area (Å²) in [7, 11) is 0. The fraction of sp³-hybridized carbons (Fsp3) is 0. The molecule has 0 amide bonds. The van der Waals surface area contributed by atoms with Gasteiger partial charge in [0, 0.05) is 16.6 Å². The van der Waals surface area contributed by atoms with Crippen LogP contribution in [0.5, 0.6) is 5.75 Å². The maximum atomic E-state index is 13.0. The molecule has 3 rings (SSSR count). The summed E-state index contributed by atoms with van der Waals surface area (Å²) in [6.45, 7) is 0. The lowest BCUT2D eigenvalue weighted by molar-refractivity contribution is 0.103. The second-order valence-electron chi connectivity index (χ2n) is 4.64. The average molecular weight is 282 g/mol. The Kier molecular flexibility index (Phi) is 3.02. The number of aromatic hydroxyl groups is 1. The van der Waals surface area contributed by atoms with Gasteiger partial charge in [-0.05, 0) is 36.4 Å². The Labute approximate surface area is 119 Å². The van der Waals surface area contributed by atoms with Gasteiger partial charge in [-0.15, -0.1) is 0 Å². The Morgan fingerprint density at radius 1 is 1.10 bits per heavy atom. The largest absolute Gasteiger partial charge is 0.505 e. The number of fused-ring (bicyclic) bond motifs is 1. The Hall–Kier alpha value is -2.95. The summed E-state index contributed by atoms with van der Waals surface area (Å²) >= 11 is 0. The Morgan fingerprint density at radius 3 is 2.62 bits per heavy atom. The van der Waals surface area contributed by atoms with E-state index in [0.29, 0.717) is 11.2 Å². The minimum atomic E-state index is -0.772. The number of nitrogen functional groups attached to an aromatic ring is 1. The van der Waals surface area contributed by atoms with E-state index in [1.807, 2.05) is 6.07 Å². The Balaban J connectivity index is 2.06. The van der Waals surface area contributed by atoms with Crippen molar-refractivity contribution < 1.29 is 14.3 Å². The highest BCUT2D eigenvalue weighted by molar-refractivity contribution is 6.08. The molecule has 1 heterocycles. The van der Waals surface area contributed by atoms with Crippen molar-refractivity contribution in [2.24, 2.45) is 0 Å². The van der Waals surface area contributed by atoms with Crippen LogP contribution in [0.2, 0.25) is 0 Å². The first-order valence-corrected chi connectivity index (χ1v) is 6.24. The number of ketones is 1. The number of nitrogens with zero attached hydrogens (tertiary/aromatic N) is 1. The van der Waals surface area contributed by atoms with Crippen LogP contribution in [-0.4, -0.2) is 15.9 Å². The second kappa shape index (κ2) is 4.86. The van der Waals surface area contributed by atoms with Crippen LogP contribution in [0.3, 0.4) is 0 Å². The number of rotatable bonds is 2. The zero-order chi connectivity index (χ0) is 15.0. The third-order valence-electron chi connectivity index (χ3n) is 3.16. The number of carbonyl (C=O) groups excluding carboxylic acids is 1. The molecule has 4 nitrogen and oxygen atoms in total. The van der Waals surface area contributed by atoms with E-state index in [0.717, 1.165) is 17.5 Å². The highest BCUT2D eigenvalue weighted by atomic mass is 19.1. The third-order valence-corrected chi connectivity index (χ3v) is 3.16. The van der Waals surface area contributed by atoms with Crippen molar-refractivity contribution in [1.29, 1.82) is 0 Å². The summed E-state index contributed by atoms with van der Waals surface area (Å²) in [5.74, 6) is -1.73. The van der Waals surface area contributed by atoms with Crippen molar-refractivity contribution in [3.8, 4) is 5.75 Å². The molecular weight excluding hydrogens is 271 g/mol. The number of phenolic OH excluding ortho intramolecular Hbond substituents is 1. The molecule has 0 atom stereocenters. The highest BCUT2D eigenvalue weighted by Crippen LogP contribution is 2.21. The first kappa shape index (κ1) is 13.1. The van der Waals surface area contributed by atoms with Crippen molar-refractivity contribution in [1.82, 2.24) is 4.98 Å². The number of nitrogens with two attached hydrogens (primary N) is 1. The van der Waals surface area contributed by atoms with Crippen LogP contribution in [-0.2, 0) is 0 Å². The number of hydrogen-bond donors (Lipinski definition) is 2. The monoisotopic (exact) mass is 282 g/mol. The molecule has 104 valence electrons. The highest BCUT2D eigenvalue weighted by Gasteiger charge is 2.13. The van der Waals surface area contributed by atoms with Crippen molar-refractivity contribution in [3.63, 3.8) is 0 Å². The molecule has 0 aliphatic rings. The fourth-order valence-electron chi connectivity index (χ4n) is 2.06. The van der Waals surface area contributed by atoms with Crippen LogP contribution < -0.4 is 5.73 Å². The van der Waals surface area contributed by atoms with Gasteiger partial charge in [-0.25, -0.2) is 9.37 Å². The van der Waals surface area contributed by atoms with Crippen molar-refractivity contribution in [3.05, 3.63) is 65.6 Å². The number of hydrogen-bond acceptors (Lipinski definition) is 4. The molecule has 0 fully saturated rings. The molecule has 0 bridgehead atoms. The normalized spacial score (nSPS) is 10.7. The van der Waals surface area contributed by atoms with Gasteiger partial charge in [0.05, 0.1) is 5.52 Å². The SMILES string of the molecule is Nc1ccc2ccc(C(=O)c3ccc(F)c(O)c3)nc2c1. The minimum absolute atomic E-state index is 0.171. The minimum Gasteiger partial charge on any atom is -0.505 e. The molecule has 0 radical (unpaired) electrons. The molecule has 0 saturated heterocycles. The van der Waals surface area contributed by atoms with E-state index in [2.05, 4.69) is 4.98 Å². The molecular formula is C16H11FN2O2. The number of anilines is 1. The quantitative estimate of drug-likeness (QED) is 0.559. The van der Waals surface area contributed by atoms with Crippen LogP contribution in [0.25, 0.3) is 10.9 Å². The smallest absolute Gasteiger partial charge is 0.211 e. The van der Waals surface area contributed by atoms with Gasteiger partial charge in [0.1, 0.15) is 5.69 Å². The topological polar surface area (TPSA) is 76.2 Å². The van der Waals surface area contributed by atoms with Gasteiger partial charge in [0.2, 0.25) is 5.78 Å². The summed E-state index contributed by atoms with van der Waals surface area (Å²) in [5.41, 5.74) is 7.24. The Morgan fingerprint density at radius 2 is 1.86 bits per heavy atom. The number of benzene rings is 2. The summed E-state index contributed by atoms with van der Waals surface area (Å²) in [6.07, 6.45) is 0. The van der Waals surface area contributed by atoms with Gasteiger partial charge in [-0.3, -0.25) is 4.79 Å². The molecule has 1 aromatic heterocycles. The molecule has 0 saturated carbocycles. The van der Waals surface area contributed by atoms with Gasteiger partial charge in [-0.1, -0.05) is 12.1 Å². The molecule has 0 aliphatic carbocycles. The van der Waals surface area contributed by atoms with Gasteiger partial charge in [0.15, 0.2) is 11.6 Å². The van der Waals surface area contributed by atoms with Crippen molar-refractivity contribution in [2.45, 2.75) is 0 Å². The van der Waals surface area contributed by atoms with E-state index in [4.69, 9.17) is 5.73 Å². The first-order chi connectivity index (χ1) is 10.0. The lowest BCUT2D eigenvalue weighted by Gasteiger charge is -2.04. The van der Waals surface area contributed by atoms with E-state index in [9.17, 15) is 14.3 Å². The first-order valence-electron chi connectivity index (χ1n) is 6.24. The maximum Gasteiger partial charge on any atom is 0.211 e. The molecule has 21 heavy (non-hydrogen) atoms. The summed E-state index contributed by atoms with van der Waals surface area (Å²) in [5, 5.41) is 10.2. The number of pyridine rings is 1. The van der Waals surface area contributed by atoms with Crippen LogP contribution >= 0.6 is 0 Å². The van der Waals surface area contributed by atoms with Crippen molar-refractivity contribution in [2.75, 3.05) is 5.73 Å². The second-order valence-corrected chi connectivity index (χ2v) is 4.64. The molecule has 0 aliphatic heterocycles. The third kappa shape index (κ3) is 2.41. The fourth-order valence-corrected chi connectivity index (χ4v) is 2.06. The van der Waals surface area contributed by atoms with Crippen LogP contribution in [0, 0.1) is 5.82 Å². The van der Waals surface area contributed by atoms with Gasteiger partial charge < -0.3 is 10.8 Å². The number of phenols is 1. The van der Waals surface area contributed by atoms with E-state index in [1.165, 1.54) is 6.07 Å². The lowest BCUT2D eigenvalue weighted by atomic mass is 10.1. The molecule has 0 spiro atoms. The van der Waals surface area contributed by atoms with E-state index < -0.39 is 17.3 Å². The summed E-state index contributed by atoms with van der Waals surface area (Å²) in [4.78, 5) is 16.6. The molecule has 3 aromatic rings. The van der Waals surface area contributed by atoms with E-state index in [-0.39, 0.29) is 11.3 Å². The predicted octanol–water partition coefficient (Wildman–Crippen LogP) is 2.89. The number of halogens is 1. The molecule has 3 N–H and O–H groups in total. The van der Waals surface area contributed by atoms with Crippen LogP contribution in [0.1, 0.15) is 16.1 Å². The number of aromatic nitrogens is 1. The summed E-state index contributed by atoms with van der Waals surface area (Å²) < 4.78 is 13.0. The van der Waals surface area contributed by atoms with Gasteiger partial charge in [-0.2, -0.15) is 0 Å². The average Bonchev–Trinajstić information content (AvgIpc) is 2.48.